The largest absolute Gasteiger partial charge is 0.465 e. The fourth-order valence-electron chi connectivity index (χ4n) is 1.94. The number of benzene rings is 1. The van der Waals surface area contributed by atoms with Gasteiger partial charge >= 0.3 is 5.97 Å². The molecule has 0 N–H and O–H groups in total. The Kier molecular flexibility index (Phi) is 5.21. The van der Waals surface area contributed by atoms with Gasteiger partial charge in [-0.05, 0) is 43.0 Å². The number of thioether (sulfide) groups is 1. The Morgan fingerprint density at radius 1 is 1.27 bits per heavy atom. The first-order chi connectivity index (χ1) is 10.3. The molecule has 2 aromatic rings. The lowest BCUT2D eigenvalue weighted by atomic mass is 10.3. The summed E-state index contributed by atoms with van der Waals surface area (Å²) in [6, 6.07) is 5.96. The summed E-state index contributed by atoms with van der Waals surface area (Å²) in [6.45, 7) is 1.62. The van der Waals surface area contributed by atoms with E-state index in [4.69, 9.17) is 16.3 Å². The minimum Gasteiger partial charge on any atom is -0.465 e. The van der Waals surface area contributed by atoms with Crippen molar-refractivity contribution in [2.24, 2.45) is 0 Å². The van der Waals surface area contributed by atoms with E-state index in [1.807, 2.05) is 0 Å². The SMILES string of the molecule is COC(=O)c1sc(SC)c(S(=O)(=O)c2ccc(Cl)cc2)c1C. The predicted octanol–water partition coefficient (Wildman–Crippen LogP) is 4.05. The molecule has 0 fully saturated rings. The minimum absolute atomic E-state index is 0.143. The van der Waals surface area contributed by atoms with Crippen molar-refractivity contribution in [2.45, 2.75) is 20.9 Å². The lowest BCUT2D eigenvalue weighted by Crippen LogP contribution is -2.06. The van der Waals surface area contributed by atoms with E-state index < -0.39 is 15.8 Å². The highest BCUT2D eigenvalue weighted by atomic mass is 35.5. The third kappa shape index (κ3) is 3.03. The maximum Gasteiger partial charge on any atom is 0.348 e. The molecular weight excluding hydrogens is 364 g/mol. The van der Waals surface area contributed by atoms with Crippen molar-refractivity contribution < 1.29 is 17.9 Å². The van der Waals surface area contributed by atoms with Crippen LogP contribution in [-0.4, -0.2) is 27.8 Å². The molecule has 0 atom stereocenters. The number of thiophene rings is 1. The van der Waals surface area contributed by atoms with E-state index in [9.17, 15) is 13.2 Å². The number of carbonyl (C=O) groups excluding carboxylic acids is 1. The van der Waals surface area contributed by atoms with Crippen molar-refractivity contribution >= 4 is 50.5 Å². The molecule has 1 aromatic carbocycles. The van der Waals surface area contributed by atoms with Crippen LogP contribution in [0.5, 0.6) is 0 Å². The Morgan fingerprint density at radius 3 is 2.36 bits per heavy atom. The normalized spacial score (nSPS) is 11.5. The van der Waals surface area contributed by atoms with Gasteiger partial charge in [-0.2, -0.15) is 0 Å². The lowest BCUT2D eigenvalue weighted by Gasteiger charge is -2.07. The van der Waals surface area contributed by atoms with E-state index in [2.05, 4.69) is 0 Å². The van der Waals surface area contributed by atoms with Crippen molar-refractivity contribution in [1.29, 1.82) is 0 Å². The molecule has 8 heteroatoms. The van der Waals surface area contributed by atoms with Crippen molar-refractivity contribution in [3.63, 3.8) is 0 Å². The number of methoxy groups -OCH3 is 1. The molecular formula is C14H13ClO4S3. The van der Waals surface area contributed by atoms with Gasteiger partial charge in [0.05, 0.1) is 21.1 Å². The second-order valence-corrected chi connectivity index (χ2v) is 8.74. The molecule has 0 radical (unpaired) electrons. The number of ether oxygens (including phenoxy) is 1. The smallest absolute Gasteiger partial charge is 0.348 e. The minimum atomic E-state index is -3.73. The van der Waals surface area contributed by atoms with Crippen LogP contribution < -0.4 is 0 Å². The van der Waals surface area contributed by atoms with Gasteiger partial charge in [-0.15, -0.1) is 23.1 Å². The third-order valence-corrected chi connectivity index (χ3v) is 7.85. The molecule has 0 bridgehead atoms. The Bertz CT molecular complexity index is 807. The van der Waals surface area contributed by atoms with Gasteiger partial charge in [-0.25, -0.2) is 13.2 Å². The fraction of sp³-hybridized carbons (Fsp3) is 0.214. The van der Waals surface area contributed by atoms with Gasteiger partial charge < -0.3 is 4.74 Å². The molecule has 0 aliphatic heterocycles. The van der Waals surface area contributed by atoms with Crippen LogP contribution in [0.15, 0.2) is 38.3 Å². The first-order valence-electron chi connectivity index (χ1n) is 6.09. The Balaban J connectivity index is 2.67. The molecule has 0 amide bonds. The fourth-order valence-corrected chi connectivity index (χ4v) is 6.39. The molecule has 0 aliphatic rings. The van der Waals surface area contributed by atoms with E-state index in [-0.39, 0.29) is 9.79 Å². The van der Waals surface area contributed by atoms with Crippen molar-refractivity contribution in [2.75, 3.05) is 13.4 Å². The third-order valence-electron chi connectivity index (χ3n) is 3.01. The van der Waals surface area contributed by atoms with Crippen molar-refractivity contribution in [3.8, 4) is 0 Å². The van der Waals surface area contributed by atoms with E-state index in [1.54, 1.807) is 13.2 Å². The lowest BCUT2D eigenvalue weighted by molar-refractivity contribution is 0.0605. The van der Waals surface area contributed by atoms with Crippen molar-refractivity contribution in [1.82, 2.24) is 0 Å². The molecule has 1 aromatic heterocycles. The van der Waals surface area contributed by atoms with Gasteiger partial charge in [0.1, 0.15) is 4.88 Å². The van der Waals surface area contributed by atoms with Gasteiger partial charge in [0.15, 0.2) is 0 Å². The molecule has 0 aliphatic carbocycles. The average molecular weight is 377 g/mol. The standard InChI is InChI=1S/C14H13ClO4S3/c1-8-11(13(16)19-2)21-14(20-3)12(8)22(17,18)10-6-4-9(15)5-7-10/h4-7H,1-3H3. The average Bonchev–Trinajstić information content (AvgIpc) is 2.84. The maximum absolute atomic E-state index is 12.9. The molecule has 118 valence electrons. The van der Waals surface area contributed by atoms with Crippen LogP contribution in [0.4, 0.5) is 0 Å². The summed E-state index contributed by atoms with van der Waals surface area (Å²) >= 11 is 8.22. The molecule has 2 rings (SSSR count). The summed E-state index contributed by atoms with van der Waals surface area (Å²) in [5, 5.41) is 0.460. The van der Waals surface area contributed by atoms with E-state index >= 15 is 0 Å². The first kappa shape index (κ1) is 17.3. The molecule has 0 spiro atoms. The van der Waals surface area contributed by atoms with Crippen LogP contribution in [0.1, 0.15) is 15.2 Å². The Hall–Kier alpha value is -1.02. The van der Waals surface area contributed by atoms with Crippen LogP contribution in [0.3, 0.4) is 0 Å². The molecule has 0 unspecified atom stereocenters. The molecule has 4 nitrogen and oxygen atoms in total. The quantitative estimate of drug-likeness (QED) is 0.595. The van der Waals surface area contributed by atoms with E-state index in [0.717, 1.165) is 11.3 Å². The number of carbonyl (C=O) groups is 1. The number of halogens is 1. The Morgan fingerprint density at radius 2 is 1.86 bits per heavy atom. The van der Waals surface area contributed by atoms with Gasteiger partial charge in [-0.3, -0.25) is 0 Å². The second-order valence-electron chi connectivity index (χ2n) is 4.33. The number of hydrogen-bond acceptors (Lipinski definition) is 6. The molecule has 0 saturated heterocycles. The van der Waals surface area contributed by atoms with Crippen LogP contribution in [0, 0.1) is 6.92 Å². The maximum atomic E-state index is 12.9. The zero-order chi connectivity index (χ0) is 16.5. The summed E-state index contributed by atoms with van der Waals surface area (Å²) < 4.78 is 31.0. The first-order valence-corrected chi connectivity index (χ1v) is 9.99. The number of hydrogen-bond donors (Lipinski definition) is 0. The van der Waals surface area contributed by atoms with Gasteiger partial charge in [0.25, 0.3) is 0 Å². The molecule has 0 saturated carbocycles. The topological polar surface area (TPSA) is 60.4 Å². The number of rotatable bonds is 4. The van der Waals surface area contributed by atoms with Gasteiger partial charge in [0.2, 0.25) is 9.84 Å². The number of sulfone groups is 1. The molecule has 1 heterocycles. The van der Waals surface area contributed by atoms with E-state index in [1.165, 1.54) is 43.1 Å². The summed E-state index contributed by atoms with van der Waals surface area (Å²) in [4.78, 5) is 12.4. The summed E-state index contributed by atoms with van der Waals surface area (Å²) in [6.07, 6.45) is 1.77. The summed E-state index contributed by atoms with van der Waals surface area (Å²) in [5.74, 6) is -0.532. The van der Waals surface area contributed by atoms with Crippen LogP contribution in [0.25, 0.3) is 0 Å². The second kappa shape index (κ2) is 6.62. The zero-order valence-electron chi connectivity index (χ0n) is 12.0. The molecule has 22 heavy (non-hydrogen) atoms. The van der Waals surface area contributed by atoms with Gasteiger partial charge in [0, 0.05) is 5.02 Å². The van der Waals surface area contributed by atoms with E-state index in [0.29, 0.717) is 19.7 Å². The summed E-state index contributed by atoms with van der Waals surface area (Å²) in [5.41, 5.74) is 0.413. The predicted molar refractivity (Wildman–Crippen MR) is 89.1 cm³/mol. The Labute approximate surface area is 142 Å². The van der Waals surface area contributed by atoms with Crippen LogP contribution in [0.2, 0.25) is 5.02 Å². The highest BCUT2D eigenvalue weighted by molar-refractivity contribution is 8.01. The van der Waals surface area contributed by atoms with Crippen molar-refractivity contribution in [3.05, 3.63) is 39.7 Å². The monoisotopic (exact) mass is 376 g/mol. The number of esters is 1. The van der Waals surface area contributed by atoms with Crippen LogP contribution >= 0.6 is 34.7 Å². The van der Waals surface area contributed by atoms with Gasteiger partial charge in [-0.1, -0.05) is 11.6 Å². The summed E-state index contributed by atoms with van der Waals surface area (Å²) in [7, 11) is -2.46. The zero-order valence-corrected chi connectivity index (χ0v) is 15.3. The van der Waals surface area contributed by atoms with Crippen LogP contribution in [-0.2, 0) is 14.6 Å². The highest BCUT2D eigenvalue weighted by Gasteiger charge is 2.30. The highest BCUT2D eigenvalue weighted by Crippen LogP contribution is 2.40.